The molecule has 1 heterocycles. The van der Waals surface area contributed by atoms with E-state index in [0.717, 1.165) is 16.7 Å². The molecule has 0 aromatic heterocycles. The van der Waals surface area contributed by atoms with E-state index in [9.17, 15) is 14.0 Å². The number of amides is 2. The number of carbonyl (C=O) groups excluding carboxylic acids is 2. The number of halogens is 2. The van der Waals surface area contributed by atoms with Gasteiger partial charge in [-0.1, -0.05) is 29.8 Å². The molecule has 0 N–H and O–H groups in total. The molecule has 2 aromatic carbocycles. The maximum absolute atomic E-state index is 13.9. The van der Waals surface area contributed by atoms with E-state index in [4.69, 9.17) is 21.1 Å². The zero-order chi connectivity index (χ0) is 21.0. The number of benzene rings is 2. The van der Waals surface area contributed by atoms with Gasteiger partial charge in [0.05, 0.1) is 29.7 Å². The molecule has 2 aromatic rings. The van der Waals surface area contributed by atoms with Gasteiger partial charge < -0.3 is 9.47 Å². The Kier molecular flexibility index (Phi) is 6.82. The van der Waals surface area contributed by atoms with E-state index < -0.39 is 17.0 Å². The van der Waals surface area contributed by atoms with Crippen LogP contribution in [0.25, 0.3) is 6.08 Å². The smallest absolute Gasteiger partial charge is 0.293 e. The summed E-state index contributed by atoms with van der Waals surface area (Å²) in [4.78, 5) is 26.3. The quantitative estimate of drug-likeness (QED) is 0.536. The predicted octanol–water partition coefficient (Wildman–Crippen LogP) is 5.51. The Morgan fingerprint density at radius 3 is 2.55 bits per heavy atom. The molecular weight excluding hydrogens is 417 g/mol. The number of hydrogen-bond donors (Lipinski definition) is 0. The van der Waals surface area contributed by atoms with Crippen molar-refractivity contribution in [1.82, 2.24) is 4.90 Å². The number of nitrogens with zero attached hydrogens (tertiary/aromatic N) is 1. The summed E-state index contributed by atoms with van der Waals surface area (Å²) in [7, 11) is 0. The van der Waals surface area contributed by atoms with Crippen LogP contribution in [0.2, 0.25) is 5.02 Å². The van der Waals surface area contributed by atoms with Crippen molar-refractivity contribution in [3.8, 4) is 11.5 Å². The van der Waals surface area contributed by atoms with Crippen LogP contribution in [0.4, 0.5) is 9.18 Å². The Morgan fingerprint density at radius 2 is 1.86 bits per heavy atom. The highest BCUT2D eigenvalue weighted by atomic mass is 35.5. The Hall–Kier alpha value is -2.51. The molecule has 1 aliphatic heterocycles. The van der Waals surface area contributed by atoms with Gasteiger partial charge in [0, 0.05) is 5.56 Å². The molecule has 0 spiro atoms. The van der Waals surface area contributed by atoms with Crippen LogP contribution in [0.15, 0.2) is 41.3 Å². The van der Waals surface area contributed by atoms with Crippen LogP contribution in [-0.4, -0.2) is 29.3 Å². The van der Waals surface area contributed by atoms with E-state index >= 15 is 0 Å². The maximum atomic E-state index is 13.9. The molecule has 0 bridgehead atoms. The van der Waals surface area contributed by atoms with Gasteiger partial charge in [0.15, 0.2) is 11.5 Å². The lowest BCUT2D eigenvalue weighted by Crippen LogP contribution is -2.27. The second kappa shape index (κ2) is 9.33. The summed E-state index contributed by atoms with van der Waals surface area (Å²) in [5.74, 6) is -0.0547. The summed E-state index contributed by atoms with van der Waals surface area (Å²) < 4.78 is 25.0. The lowest BCUT2D eigenvalue weighted by atomic mass is 10.1. The van der Waals surface area contributed by atoms with Crippen LogP contribution in [0.5, 0.6) is 11.5 Å². The van der Waals surface area contributed by atoms with Crippen LogP contribution >= 0.6 is 23.4 Å². The SMILES string of the molecule is CCOc1cc(/C=C2\SC(=O)N(Cc3ccccc3F)C2=O)cc(Cl)c1OCC. The van der Waals surface area contributed by atoms with Gasteiger partial charge in [0.2, 0.25) is 0 Å². The monoisotopic (exact) mass is 435 g/mol. The maximum Gasteiger partial charge on any atom is 0.293 e. The fourth-order valence-electron chi connectivity index (χ4n) is 2.80. The molecule has 152 valence electrons. The predicted molar refractivity (Wildman–Crippen MR) is 112 cm³/mol. The van der Waals surface area contributed by atoms with E-state index in [-0.39, 0.29) is 17.0 Å². The Labute approximate surface area is 177 Å². The van der Waals surface area contributed by atoms with Crippen LogP contribution in [0, 0.1) is 5.82 Å². The number of carbonyl (C=O) groups is 2. The summed E-state index contributed by atoms with van der Waals surface area (Å²) >= 11 is 7.11. The molecule has 1 saturated heterocycles. The molecule has 0 aliphatic carbocycles. The molecule has 0 atom stereocenters. The number of rotatable bonds is 7. The van der Waals surface area contributed by atoms with Crippen LogP contribution in [0.1, 0.15) is 25.0 Å². The highest BCUT2D eigenvalue weighted by Gasteiger charge is 2.35. The summed E-state index contributed by atoms with van der Waals surface area (Å²) in [5.41, 5.74) is 0.872. The third-order valence-electron chi connectivity index (χ3n) is 4.08. The molecule has 0 radical (unpaired) electrons. The van der Waals surface area contributed by atoms with Crippen molar-refractivity contribution in [3.05, 3.63) is 63.3 Å². The molecule has 1 aliphatic rings. The van der Waals surface area contributed by atoms with Gasteiger partial charge in [-0.2, -0.15) is 0 Å². The number of imide groups is 1. The highest BCUT2D eigenvalue weighted by Crippen LogP contribution is 2.39. The molecular formula is C21H19ClFNO4S. The highest BCUT2D eigenvalue weighted by molar-refractivity contribution is 8.18. The first-order valence-corrected chi connectivity index (χ1v) is 10.2. The van der Waals surface area contributed by atoms with Gasteiger partial charge in [0.1, 0.15) is 5.82 Å². The molecule has 3 rings (SSSR count). The minimum absolute atomic E-state index is 0.122. The first kappa shape index (κ1) is 21.2. The third-order valence-corrected chi connectivity index (χ3v) is 5.27. The first-order chi connectivity index (χ1) is 13.9. The second-order valence-electron chi connectivity index (χ2n) is 6.06. The molecule has 29 heavy (non-hydrogen) atoms. The van der Waals surface area contributed by atoms with Crippen LogP contribution in [0.3, 0.4) is 0 Å². The molecule has 8 heteroatoms. The fraction of sp³-hybridized carbons (Fsp3) is 0.238. The molecule has 0 saturated carbocycles. The summed E-state index contributed by atoms with van der Waals surface area (Å²) in [5, 5.41) is -0.110. The van der Waals surface area contributed by atoms with Crippen molar-refractivity contribution in [2.75, 3.05) is 13.2 Å². The van der Waals surface area contributed by atoms with Gasteiger partial charge in [-0.25, -0.2) is 4.39 Å². The van der Waals surface area contributed by atoms with Crippen LogP contribution in [-0.2, 0) is 11.3 Å². The number of thioether (sulfide) groups is 1. The van der Waals surface area contributed by atoms with E-state index in [1.807, 2.05) is 13.8 Å². The van der Waals surface area contributed by atoms with Gasteiger partial charge in [-0.3, -0.25) is 14.5 Å². The van der Waals surface area contributed by atoms with Crippen molar-refractivity contribution in [2.24, 2.45) is 0 Å². The third kappa shape index (κ3) is 4.74. The largest absolute Gasteiger partial charge is 0.490 e. The number of ether oxygens (including phenoxy) is 2. The van der Waals surface area contributed by atoms with Crippen molar-refractivity contribution in [3.63, 3.8) is 0 Å². The normalized spacial score (nSPS) is 15.3. The standard InChI is InChI=1S/C21H19ClFNO4S/c1-3-27-17-10-13(9-15(22)19(17)28-4-2)11-18-20(25)24(21(26)29-18)12-14-7-5-6-8-16(14)23/h5-11H,3-4,12H2,1-2H3/b18-11-. The van der Waals surface area contributed by atoms with E-state index in [0.29, 0.717) is 35.3 Å². The van der Waals surface area contributed by atoms with Crippen molar-refractivity contribution in [2.45, 2.75) is 20.4 Å². The summed E-state index contributed by atoms with van der Waals surface area (Å²) in [6.07, 6.45) is 1.57. The minimum atomic E-state index is -0.480. The van der Waals surface area contributed by atoms with Crippen molar-refractivity contribution in [1.29, 1.82) is 0 Å². The van der Waals surface area contributed by atoms with Gasteiger partial charge in [0.25, 0.3) is 11.1 Å². The topological polar surface area (TPSA) is 55.8 Å². The average Bonchev–Trinajstić information content (AvgIpc) is 2.94. The van der Waals surface area contributed by atoms with Crippen LogP contribution < -0.4 is 9.47 Å². The minimum Gasteiger partial charge on any atom is -0.490 e. The zero-order valence-electron chi connectivity index (χ0n) is 15.9. The average molecular weight is 436 g/mol. The second-order valence-corrected chi connectivity index (χ2v) is 7.46. The zero-order valence-corrected chi connectivity index (χ0v) is 17.5. The van der Waals surface area contributed by atoms with E-state index in [2.05, 4.69) is 0 Å². The summed E-state index contributed by atoms with van der Waals surface area (Å²) in [6.45, 7) is 4.39. The lowest BCUT2D eigenvalue weighted by Gasteiger charge is -2.14. The van der Waals surface area contributed by atoms with Gasteiger partial charge in [-0.15, -0.1) is 0 Å². The molecule has 0 unspecified atom stereocenters. The Bertz CT molecular complexity index is 979. The lowest BCUT2D eigenvalue weighted by molar-refractivity contribution is -0.123. The Balaban J connectivity index is 1.88. The van der Waals surface area contributed by atoms with E-state index in [1.54, 1.807) is 36.4 Å². The number of hydrogen-bond acceptors (Lipinski definition) is 5. The van der Waals surface area contributed by atoms with E-state index in [1.165, 1.54) is 6.07 Å². The molecule has 2 amide bonds. The molecule has 1 fully saturated rings. The van der Waals surface area contributed by atoms with Crippen molar-refractivity contribution < 1.29 is 23.5 Å². The molecule has 5 nitrogen and oxygen atoms in total. The van der Waals surface area contributed by atoms with Gasteiger partial charge in [-0.05, 0) is 55.4 Å². The Morgan fingerprint density at radius 1 is 1.14 bits per heavy atom. The fourth-order valence-corrected chi connectivity index (χ4v) is 3.92. The van der Waals surface area contributed by atoms with Gasteiger partial charge >= 0.3 is 0 Å². The summed E-state index contributed by atoms with van der Waals surface area (Å²) in [6, 6.07) is 9.39. The van der Waals surface area contributed by atoms with Crippen molar-refractivity contribution >= 4 is 40.6 Å². The first-order valence-electron chi connectivity index (χ1n) is 9.02.